The van der Waals surface area contributed by atoms with Gasteiger partial charge in [0.05, 0.1) is 6.67 Å². The summed E-state index contributed by atoms with van der Waals surface area (Å²) in [4.78, 5) is 11.3. The fourth-order valence-electron chi connectivity index (χ4n) is 3.17. The van der Waals surface area contributed by atoms with E-state index in [4.69, 9.17) is 11.6 Å². The smallest absolute Gasteiger partial charge is 0.236 e. The van der Waals surface area contributed by atoms with Crippen molar-refractivity contribution in [3.63, 3.8) is 0 Å². The van der Waals surface area contributed by atoms with Gasteiger partial charge in [-0.1, -0.05) is 48.5 Å². The maximum atomic E-state index is 11.3. The first-order valence-corrected chi connectivity index (χ1v) is 8.04. The van der Waals surface area contributed by atoms with E-state index in [1.807, 2.05) is 0 Å². The van der Waals surface area contributed by atoms with Crippen molar-refractivity contribution in [1.29, 1.82) is 0 Å². The van der Waals surface area contributed by atoms with Crippen LogP contribution in [0.4, 0.5) is 5.69 Å². The minimum absolute atomic E-state index is 0.0276. The summed E-state index contributed by atoms with van der Waals surface area (Å²) in [5, 5.41) is 13.4. The maximum Gasteiger partial charge on any atom is 0.236 e. The number of alkyl halides is 1. The van der Waals surface area contributed by atoms with E-state index in [0.29, 0.717) is 6.67 Å². The van der Waals surface area contributed by atoms with Crippen LogP contribution in [0.2, 0.25) is 0 Å². The molecule has 0 aromatic heterocycles. The Balaban J connectivity index is 1.85. The first-order chi connectivity index (χ1) is 11.3. The maximum absolute atomic E-state index is 11.3. The van der Waals surface area contributed by atoms with Crippen molar-refractivity contribution >= 4 is 55.5 Å². The molecule has 0 heterocycles. The van der Waals surface area contributed by atoms with Gasteiger partial charge in [-0.25, -0.2) is 0 Å². The Labute approximate surface area is 138 Å². The molecule has 2 N–H and O–H groups in total. The van der Waals surface area contributed by atoms with Crippen LogP contribution in [-0.4, -0.2) is 18.5 Å². The predicted octanol–water partition coefficient (Wildman–Crippen LogP) is 4.31. The van der Waals surface area contributed by atoms with Gasteiger partial charge in [0.15, 0.2) is 0 Å². The molecule has 114 valence electrons. The SMILES string of the molecule is O=C(CCl)NCNc1ccc2ccc3cccc4ccc1c2c34. The fraction of sp³-hybridized carbons (Fsp3) is 0.105. The lowest BCUT2D eigenvalue weighted by atomic mass is 9.93. The number of nitrogens with one attached hydrogen (secondary N) is 2. The largest absolute Gasteiger partial charge is 0.367 e. The highest BCUT2D eigenvalue weighted by Crippen LogP contribution is 2.37. The molecular formula is C19H15ClN2O. The molecule has 1 amide bonds. The zero-order valence-corrected chi connectivity index (χ0v) is 13.2. The van der Waals surface area contributed by atoms with Crippen molar-refractivity contribution < 1.29 is 4.79 Å². The third-order valence-corrected chi connectivity index (χ3v) is 4.46. The van der Waals surface area contributed by atoms with Gasteiger partial charge < -0.3 is 10.6 Å². The molecule has 4 rings (SSSR count). The molecule has 0 fully saturated rings. The lowest BCUT2D eigenvalue weighted by Crippen LogP contribution is -2.29. The molecule has 0 atom stereocenters. The van der Waals surface area contributed by atoms with Crippen LogP contribution in [0.15, 0.2) is 54.6 Å². The summed E-state index contributed by atoms with van der Waals surface area (Å²) in [5.41, 5.74) is 1.01. The van der Waals surface area contributed by atoms with Gasteiger partial charge in [-0.2, -0.15) is 0 Å². The molecule has 4 aromatic carbocycles. The molecular weight excluding hydrogens is 308 g/mol. The molecule has 23 heavy (non-hydrogen) atoms. The van der Waals surface area contributed by atoms with E-state index in [-0.39, 0.29) is 11.8 Å². The average molecular weight is 323 g/mol. The second-order valence-corrected chi connectivity index (χ2v) is 5.82. The second kappa shape index (κ2) is 5.60. The summed E-state index contributed by atoms with van der Waals surface area (Å²) in [6.07, 6.45) is 0. The number of carbonyl (C=O) groups is 1. The number of rotatable bonds is 4. The zero-order chi connectivity index (χ0) is 15.8. The zero-order valence-electron chi connectivity index (χ0n) is 12.4. The molecule has 0 saturated carbocycles. The normalized spacial score (nSPS) is 11.3. The quantitative estimate of drug-likeness (QED) is 0.334. The van der Waals surface area contributed by atoms with Crippen molar-refractivity contribution in [2.45, 2.75) is 0 Å². The van der Waals surface area contributed by atoms with Crippen LogP contribution < -0.4 is 10.6 Å². The molecule has 3 nitrogen and oxygen atoms in total. The minimum Gasteiger partial charge on any atom is -0.367 e. The van der Waals surface area contributed by atoms with Gasteiger partial charge >= 0.3 is 0 Å². The van der Waals surface area contributed by atoms with Crippen LogP contribution >= 0.6 is 11.6 Å². The van der Waals surface area contributed by atoms with Gasteiger partial charge in [0.1, 0.15) is 5.88 Å². The summed E-state index contributed by atoms with van der Waals surface area (Å²) in [5.74, 6) is -0.211. The van der Waals surface area contributed by atoms with E-state index in [0.717, 1.165) is 11.1 Å². The summed E-state index contributed by atoms with van der Waals surface area (Å²) < 4.78 is 0. The van der Waals surface area contributed by atoms with E-state index in [2.05, 4.69) is 65.2 Å². The van der Waals surface area contributed by atoms with Gasteiger partial charge in [-0.15, -0.1) is 11.6 Å². The minimum atomic E-state index is -0.183. The third kappa shape index (κ3) is 2.34. The summed E-state index contributed by atoms with van der Waals surface area (Å²) >= 11 is 5.49. The lowest BCUT2D eigenvalue weighted by Gasteiger charge is -2.15. The Morgan fingerprint density at radius 3 is 2.26 bits per heavy atom. The van der Waals surface area contributed by atoms with Crippen molar-refractivity contribution in [3.05, 3.63) is 54.6 Å². The van der Waals surface area contributed by atoms with Crippen molar-refractivity contribution in [2.75, 3.05) is 17.9 Å². The molecule has 4 aromatic rings. The van der Waals surface area contributed by atoms with Crippen LogP contribution in [0.1, 0.15) is 0 Å². The van der Waals surface area contributed by atoms with Crippen molar-refractivity contribution in [2.24, 2.45) is 0 Å². The van der Waals surface area contributed by atoms with E-state index in [1.54, 1.807) is 0 Å². The highest BCUT2D eigenvalue weighted by atomic mass is 35.5. The van der Waals surface area contributed by atoms with Gasteiger partial charge in [0.25, 0.3) is 0 Å². The molecule has 0 unspecified atom stereocenters. The first kappa shape index (κ1) is 14.1. The molecule has 0 radical (unpaired) electrons. The molecule has 0 aliphatic rings. The van der Waals surface area contributed by atoms with E-state index in [9.17, 15) is 4.79 Å². The monoisotopic (exact) mass is 322 g/mol. The summed E-state index contributed by atoms with van der Waals surface area (Å²) in [6.45, 7) is 0.357. The van der Waals surface area contributed by atoms with Crippen LogP contribution in [0, 0.1) is 0 Å². The number of hydrogen-bond acceptors (Lipinski definition) is 2. The molecule has 0 spiro atoms. The highest BCUT2D eigenvalue weighted by Gasteiger charge is 2.10. The first-order valence-electron chi connectivity index (χ1n) is 7.51. The number of halogens is 1. The van der Waals surface area contributed by atoms with Crippen molar-refractivity contribution in [3.8, 4) is 0 Å². The summed E-state index contributed by atoms with van der Waals surface area (Å²) in [7, 11) is 0. The second-order valence-electron chi connectivity index (χ2n) is 5.56. The van der Waals surface area contributed by atoms with E-state index >= 15 is 0 Å². The standard InChI is InChI=1S/C19H15ClN2O/c20-10-17(23)22-11-21-16-9-7-14-5-4-12-2-1-3-13-6-8-15(16)19(14)18(12)13/h1-9,21H,10-11H2,(H,22,23). The number of anilines is 1. The summed E-state index contributed by atoms with van der Waals surface area (Å²) in [6, 6.07) is 19.1. The van der Waals surface area contributed by atoms with Crippen LogP contribution in [-0.2, 0) is 4.79 Å². The number of amides is 1. The predicted molar refractivity (Wildman–Crippen MR) is 97.5 cm³/mol. The molecule has 0 saturated heterocycles. The topological polar surface area (TPSA) is 41.1 Å². The van der Waals surface area contributed by atoms with Gasteiger partial charge in [0, 0.05) is 11.1 Å². The van der Waals surface area contributed by atoms with Gasteiger partial charge in [0.2, 0.25) is 5.91 Å². The molecule has 0 aliphatic carbocycles. The number of hydrogen-bond donors (Lipinski definition) is 2. The molecule has 0 bridgehead atoms. The Morgan fingerprint density at radius 2 is 1.52 bits per heavy atom. The Kier molecular flexibility index (Phi) is 3.43. The highest BCUT2D eigenvalue weighted by molar-refractivity contribution is 6.27. The third-order valence-electron chi connectivity index (χ3n) is 4.21. The Bertz CT molecular complexity index is 996. The Morgan fingerprint density at radius 1 is 0.870 bits per heavy atom. The van der Waals surface area contributed by atoms with Crippen LogP contribution in [0.3, 0.4) is 0 Å². The molecule has 4 heteroatoms. The number of carbonyl (C=O) groups excluding carboxylic acids is 1. The van der Waals surface area contributed by atoms with E-state index in [1.165, 1.54) is 26.9 Å². The molecule has 0 aliphatic heterocycles. The lowest BCUT2D eigenvalue weighted by molar-refractivity contribution is -0.118. The van der Waals surface area contributed by atoms with Crippen LogP contribution in [0.25, 0.3) is 32.3 Å². The van der Waals surface area contributed by atoms with Gasteiger partial charge in [-0.05, 0) is 33.0 Å². The van der Waals surface area contributed by atoms with Gasteiger partial charge in [-0.3, -0.25) is 4.79 Å². The Hall–Kier alpha value is -2.52. The van der Waals surface area contributed by atoms with Crippen molar-refractivity contribution in [1.82, 2.24) is 5.32 Å². The average Bonchev–Trinajstić information content (AvgIpc) is 2.60. The fourth-order valence-corrected chi connectivity index (χ4v) is 3.27. The van der Waals surface area contributed by atoms with E-state index < -0.39 is 0 Å². The van der Waals surface area contributed by atoms with Crippen LogP contribution in [0.5, 0.6) is 0 Å². The number of benzene rings is 4.